The van der Waals surface area contributed by atoms with Crippen molar-refractivity contribution in [2.45, 2.75) is 52.3 Å². The third-order valence-electron chi connectivity index (χ3n) is 3.74. The topological polar surface area (TPSA) is 111 Å². The highest BCUT2D eigenvalue weighted by Crippen LogP contribution is 2.35. The minimum absolute atomic E-state index is 0.207. The number of amides is 1. The first-order valence-corrected chi connectivity index (χ1v) is 7.96. The summed E-state index contributed by atoms with van der Waals surface area (Å²) in [5, 5.41) is 16.5. The molecule has 0 aromatic heterocycles. The molecule has 0 radical (unpaired) electrons. The van der Waals surface area contributed by atoms with E-state index in [9.17, 15) is 19.6 Å². The zero-order valence-corrected chi connectivity index (χ0v) is 15.3. The number of hydroxylamine groups is 2. The zero-order valence-electron chi connectivity index (χ0n) is 15.3. The van der Waals surface area contributed by atoms with Crippen LogP contribution in [-0.4, -0.2) is 34.0 Å². The zero-order chi connectivity index (χ0) is 19.7. The second-order valence-electron chi connectivity index (χ2n) is 6.87. The summed E-state index contributed by atoms with van der Waals surface area (Å²) in [6.45, 7) is 7.40. The van der Waals surface area contributed by atoms with Crippen LogP contribution in [-0.2, 0) is 19.2 Å². The molecule has 1 aromatic carbocycles. The van der Waals surface area contributed by atoms with Gasteiger partial charge in [-0.2, -0.15) is 0 Å². The van der Waals surface area contributed by atoms with Crippen LogP contribution in [0.4, 0.5) is 5.69 Å². The third-order valence-corrected chi connectivity index (χ3v) is 3.74. The highest BCUT2D eigenvalue weighted by atomic mass is 16.7. The Bertz CT molecular complexity index is 771. The van der Waals surface area contributed by atoms with Crippen molar-refractivity contribution in [3.05, 3.63) is 35.0 Å². The van der Waals surface area contributed by atoms with Crippen LogP contribution in [0.15, 0.2) is 29.4 Å². The van der Waals surface area contributed by atoms with Crippen molar-refractivity contribution in [2.75, 3.05) is 5.06 Å². The molecule has 0 spiro atoms. The fraction of sp³-hybridized carbons (Fsp3) is 0.471. The van der Waals surface area contributed by atoms with Crippen LogP contribution in [0.1, 0.15) is 51.4 Å². The van der Waals surface area contributed by atoms with E-state index in [0.29, 0.717) is 4.86 Å². The largest absolute Gasteiger partial charge is 0.599 e. The lowest BCUT2D eigenvalue weighted by atomic mass is 9.97. The van der Waals surface area contributed by atoms with Crippen LogP contribution in [0.3, 0.4) is 0 Å². The van der Waals surface area contributed by atoms with Gasteiger partial charge in [-0.15, -0.1) is 5.06 Å². The van der Waals surface area contributed by atoms with E-state index in [1.165, 1.54) is 38.1 Å². The first-order chi connectivity index (χ1) is 11.9. The second-order valence-corrected chi connectivity index (χ2v) is 6.87. The number of hydrogen-bond donors (Lipinski definition) is 0. The van der Waals surface area contributed by atoms with Crippen molar-refractivity contribution in [2.24, 2.45) is 5.11 Å². The summed E-state index contributed by atoms with van der Waals surface area (Å²) in [4.78, 5) is 40.4. The van der Waals surface area contributed by atoms with Gasteiger partial charge in [0.25, 0.3) is 11.6 Å². The predicted molar refractivity (Wildman–Crippen MR) is 89.9 cm³/mol. The number of carbonyl (C=O) groups excluding carboxylic acids is 3. The van der Waals surface area contributed by atoms with E-state index in [1.807, 2.05) is 0 Å². The Balaban J connectivity index is 2.14. The molecule has 26 heavy (non-hydrogen) atoms. The minimum Gasteiger partial charge on any atom is -0.599 e. The van der Waals surface area contributed by atoms with Gasteiger partial charge in [-0.1, -0.05) is 4.86 Å². The normalized spacial score (nSPS) is 20.9. The van der Waals surface area contributed by atoms with E-state index in [0.717, 1.165) is 5.06 Å². The Hall–Kier alpha value is -2.97. The molecule has 0 fully saturated rings. The number of azo groups is 1. The fourth-order valence-corrected chi connectivity index (χ4v) is 2.71. The molecule has 0 aliphatic carbocycles. The summed E-state index contributed by atoms with van der Waals surface area (Å²) in [5.74, 6) is -1.80. The maximum atomic E-state index is 12.3. The van der Waals surface area contributed by atoms with Crippen LogP contribution in [0.5, 0.6) is 0 Å². The molecule has 1 unspecified atom stereocenters. The quantitative estimate of drug-likeness (QED) is 0.353. The molecule has 1 amide bonds. The van der Waals surface area contributed by atoms with E-state index < -0.39 is 29.1 Å². The molecule has 9 heteroatoms. The maximum Gasteiger partial charge on any atom is 0.340 e. The summed E-state index contributed by atoms with van der Waals surface area (Å²) in [5.41, 5.74) is -1.51. The molecule has 2 rings (SSSR count). The molecule has 0 N–H and O–H groups in total. The van der Waals surface area contributed by atoms with E-state index in [4.69, 9.17) is 9.57 Å². The Labute approximate surface area is 150 Å². The molecule has 1 aromatic rings. The average molecular weight is 363 g/mol. The van der Waals surface area contributed by atoms with Gasteiger partial charge in [-0.25, -0.2) is 9.59 Å². The van der Waals surface area contributed by atoms with Gasteiger partial charge < -0.3 is 14.8 Å². The molecule has 9 nitrogen and oxygen atoms in total. The standard InChI is InChI=1S/C17H21N3O6/c1-11(21)19(26-12(2)22)14-8-6-13(7-9-14)15(23)25-17(5)10-16(3,4)20(24)18-17/h6-9H,10H2,1-5H3. The van der Waals surface area contributed by atoms with E-state index in [2.05, 4.69) is 5.11 Å². The SMILES string of the molecule is CC(=O)ON(C(C)=O)c1ccc(C(=O)OC2(C)CC(C)(C)[N+]([O-])=N2)cc1. The lowest BCUT2D eigenvalue weighted by Crippen LogP contribution is -2.34. The lowest BCUT2D eigenvalue weighted by molar-refractivity contribution is -0.589. The third kappa shape index (κ3) is 4.16. The van der Waals surface area contributed by atoms with Crippen LogP contribution >= 0.6 is 0 Å². The number of rotatable bonds is 3. The Morgan fingerprint density at radius 3 is 2.15 bits per heavy atom. The van der Waals surface area contributed by atoms with Gasteiger partial charge in [0, 0.05) is 39.7 Å². The smallest absolute Gasteiger partial charge is 0.340 e. The number of ether oxygens (including phenoxy) is 1. The highest BCUT2D eigenvalue weighted by molar-refractivity contribution is 5.93. The Morgan fingerprint density at radius 2 is 1.73 bits per heavy atom. The van der Waals surface area contributed by atoms with Crippen LogP contribution in [0, 0.1) is 5.21 Å². The molecular formula is C17H21N3O6. The molecule has 1 heterocycles. The van der Waals surface area contributed by atoms with Gasteiger partial charge in [0.1, 0.15) is 0 Å². The van der Waals surface area contributed by atoms with Crippen molar-refractivity contribution in [1.29, 1.82) is 0 Å². The van der Waals surface area contributed by atoms with Crippen molar-refractivity contribution in [3.63, 3.8) is 0 Å². The van der Waals surface area contributed by atoms with Gasteiger partial charge in [0.15, 0.2) is 5.54 Å². The minimum atomic E-state index is -1.25. The number of benzene rings is 1. The summed E-state index contributed by atoms with van der Waals surface area (Å²) in [6.07, 6.45) is 0.262. The number of carbonyl (C=O) groups is 3. The summed E-state index contributed by atoms with van der Waals surface area (Å²) >= 11 is 0. The number of anilines is 1. The lowest BCUT2D eigenvalue weighted by Gasteiger charge is -2.20. The molecule has 1 aliphatic heterocycles. The summed E-state index contributed by atoms with van der Waals surface area (Å²) in [6, 6.07) is 5.74. The molecule has 1 aliphatic rings. The van der Waals surface area contributed by atoms with Gasteiger partial charge in [-0.05, 0) is 24.3 Å². The van der Waals surface area contributed by atoms with Gasteiger partial charge in [0.2, 0.25) is 0 Å². The van der Waals surface area contributed by atoms with Crippen molar-refractivity contribution in [3.8, 4) is 0 Å². The molecular weight excluding hydrogens is 342 g/mol. The van der Waals surface area contributed by atoms with E-state index in [-0.39, 0.29) is 17.7 Å². The molecule has 1 atom stereocenters. The van der Waals surface area contributed by atoms with E-state index in [1.54, 1.807) is 20.8 Å². The number of esters is 1. The fourth-order valence-electron chi connectivity index (χ4n) is 2.71. The van der Waals surface area contributed by atoms with Gasteiger partial charge in [0.05, 0.1) is 17.7 Å². The van der Waals surface area contributed by atoms with Crippen LogP contribution in [0.25, 0.3) is 0 Å². The van der Waals surface area contributed by atoms with Crippen LogP contribution < -0.4 is 5.06 Å². The number of nitrogens with zero attached hydrogens (tertiary/aromatic N) is 3. The highest BCUT2D eigenvalue weighted by Gasteiger charge is 2.50. The van der Waals surface area contributed by atoms with Crippen molar-refractivity contribution >= 4 is 23.5 Å². The molecule has 140 valence electrons. The molecule has 0 saturated heterocycles. The Morgan fingerprint density at radius 1 is 1.15 bits per heavy atom. The molecule has 0 bridgehead atoms. The predicted octanol–water partition coefficient (Wildman–Crippen LogP) is 2.54. The monoisotopic (exact) mass is 363 g/mol. The summed E-state index contributed by atoms with van der Waals surface area (Å²) in [7, 11) is 0. The Kier molecular flexibility index (Phi) is 5.02. The first-order valence-electron chi connectivity index (χ1n) is 7.96. The maximum absolute atomic E-state index is 12.3. The molecule has 0 saturated carbocycles. The number of hydrogen-bond acceptors (Lipinski definition) is 7. The van der Waals surface area contributed by atoms with Crippen molar-refractivity contribution < 1.29 is 28.8 Å². The average Bonchev–Trinajstić information content (AvgIpc) is 2.71. The van der Waals surface area contributed by atoms with Crippen molar-refractivity contribution in [1.82, 2.24) is 0 Å². The van der Waals surface area contributed by atoms with Gasteiger partial charge in [-0.3, -0.25) is 4.79 Å². The summed E-state index contributed by atoms with van der Waals surface area (Å²) < 4.78 is 5.39. The van der Waals surface area contributed by atoms with E-state index >= 15 is 0 Å². The second kappa shape index (κ2) is 6.74. The van der Waals surface area contributed by atoms with Crippen LogP contribution in [0.2, 0.25) is 0 Å². The first kappa shape index (κ1) is 19.4. The van der Waals surface area contributed by atoms with Gasteiger partial charge >= 0.3 is 11.9 Å².